The van der Waals surface area contributed by atoms with Gasteiger partial charge < -0.3 is 15.0 Å². The maximum atomic E-state index is 13.6. The molecule has 0 heterocycles. The van der Waals surface area contributed by atoms with E-state index in [-0.39, 0.29) is 30.8 Å². The van der Waals surface area contributed by atoms with E-state index in [1.165, 1.54) is 11.4 Å². The molecule has 1 fully saturated rings. The van der Waals surface area contributed by atoms with Crippen molar-refractivity contribution in [2.45, 2.75) is 70.4 Å². The van der Waals surface area contributed by atoms with E-state index in [2.05, 4.69) is 5.32 Å². The quantitative estimate of drug-likeness (QED) is 0.386. The Morgan fingerprint density at radius 2 is 1.68 bits per heavy atom. The number of hydrogen-bond donors (Lipinski definition) is 1. The highest BCUT2D eigenvalue weighted by Gasteiger charge is 2.30. The summed E-state index contributed by atoms with van der Waals surface area (Å²) < 4.78 is 31.8. The lowest BCUT2D eigenvalue weighted by molar-refractivity contribution is -0.141. The fourth-order valence-electron chi connectivity index (χ4n) is 5.08. The van der Waals surface area contributed by atoms with Crippen molar-refractivity contribution < 1.29 is 22.7 Å². The van der Waals surface area contributed by atoms with Crippen LogP contribution < -0.4 is 14.4 Å². The molecule has 208 valence electrons. The second-order valence-electron chi connectivity index (χ2n) is 9.85. The Bertz CT molecular complexity index is 1150. The Labute approximate surface area is 227 Å². The van der Waals surface area contributed by atoms with Gasteiger partial charge in [0.05, 0.1) is 19.1 Å². The van der Waals surface area contributed by atoms with Gasteiger partial charge in [-0.15, -0.1) is 0 Å². The fourth-order valence-corrected chi connectivity index (χ4v) is 6.05. The first-order valence-electron chi connectivity index (χ1n) is 13.5. The lowest BCUT2D eigenvalue weighted by atomic mass is 10.1. The van der Waals surface area contributed by atoms with Crippen molar-refractivity contribution in [3.05, 3.63) is 60.2 Å². The van der Waals surface area contributed by atoms with Crippen molar-refractivity contribution in [1.29, 1.82) is 0 Å². The molecule has 0 bridgehead atoms. The van der Waals surface area contributed by atoms with Crippen LogP contribution in [0.3, 0.4) is 0 Å². The lowest BCUT2D eigenvalue weighted by Crippen LogP contribution is -2.52. The molecule has 1 aliphatic carbocycles. The molecule has 1 N–H and O–H groups in total. The largest absolute Gasteiger partial charge is 0.495 e. The lowest BCUT2D eigenvalue weighted by Gasteiger charge is -2.32. The number of carbonyl (C=O) groups is 2. The number of methoxy groups -OCH3 is 1. The zero-order chi connectivity index (χ0) is 27.5. The number of benzene rings is 2. The van der Waals surface area contributed by atoms with Crippen LogP contribution in [0.25, 0.3) is 0 Å². The Morgan fingerprint density at radius 3 is 2.32 bits per heavy atom. The number of nitrogens with zero attached hydrogens (tertiary/aromatic N) is 2. The summed E-state index contributed by atoms with van der Waals surface area (Å²) in [5, 5.41) is 3.16. The molecule has 8 nitrogen and oxygen atoms in total. The highest BCUT2D eigenvalue weighted by Crippen LogP contribution is 2.30. The average molecular weight is 544 g/mol. The van der Waals surface area contributed by atoms with Gasteiger partial charge in [0.2, 0.25) is 21.8 Å². The van der Waals surface area contributed by atoms with Crippen molar-refractivity contribution >= 4 is 27.5 Å². The van der Waals surface area contributed by atoms with Gasteiger partial charge in [-0.2, -0.15) is 0 Å². The molecule has 0 saturated heterocycles. The molecule has 2 aromatic rings. The summed E-state index contributed by atoms with van der Waals surface area (Å²) in [6.07, 6.45) is 6.91. The highest BCUT2D eigenvalue weighted by atomic mass is 32.2. The smallest absolute Gasteiger partial charge is 0.243 e. The highest BCUT2D eigenvalue weighted by molar-refractivity contribution is 7.92. The van der Waals surface area contributed by atoms with Crippen LogP contribution in [0.1, 0.15) is 57.4 Å². The van der Waals surface area contributed by atoms with Gasteiger partial charge >= 0.3 is 0 Å². The van der Waals surface area contributed by atoms with Crippen LogP contribution in [0.15, 0.2) is 54.6 Å². The van der Waals surface area contributed by atoms with Crippen LogP contribution in [0.5, 0.6) is 5.75 Å². The van der Waals surface area contributed by atoms with E-state index in [0.29, 0.717) is 37.2 Å². The molecule has 1 aliphatic rings. The minimum absolute atomic E-state index is 0.104. The van der Waals surface area contributed by atoms with Gasteiger partial charge in [-0.3, -0.25) is 13.9 Å². The summed E-state index contributed by atoms with van der Waals surface area (Å²) in [4.78, 5) is 28.5. The molecule has 38 heavy (non-hydrogen) atoms. The fraction of sp³-hybridized carbons (Fsp3) is 0.517. The summed E-state index contributed by atoms with van der Waals surface area (Å²) in [7, 11) is -2.10. The molecular weight excluding hydrogens is 502 g/mol. The standard InChI is InChI=1S/C29H41N3O5S/c1-4-25(29(34)30-24-15-8-9-16-24)31(22-20-23-13-6-5-7-14-23)28(33)19-12-21-32(38(3,35)36)26-17-10-11-18-27(26)37-2/h5-7,10-11,13-14,17-18,24-25H,4,8-9,12,15-16,19-22H2,1-3H3,(H,30,34). The molecule has 1 saturated carbocycles. The summed E-state index contributed by atoms with van der Waals surface area (Å²) in [5.74, 6) is 0.193. The van der Waals surface area contributed by atoms with Gasteiger partial charge in [-0.1, -0.05) is 62.2 Å². The molecule has 3 rings (SSSR count). The van der Waals surface area contributed by atoms with Crippen molar-refractivity contribution in [1.82, 2.24) is 10.2 Å². The zero-order valence-electron chi connectivity index (χ0n) is 22.8. The third-order valence-electron chi connectivity index (χ3n) is 7.08. The van der Waals surface area contributed by atoms with E-state index in [1.807, 2.05) is 37.3 Å². The van der Waals surface area contributed by atoms with E-state index in [4.69, 9.17) is 4.74 Å². The Balaban J connectivity index is 1.73. The SMILES string of the molecule is CCC(C(=O)NC1CCCC1)N(CCc1ccccc1)C(=O)CCCN(c1ccccc1OC)S(C)(=O)=O. The number of rotatable bonds is 14. The maximum absolute atomic E-state index is 13.6. The number of hydrogen-bond acceptors (Lipinski definition) is 5. The van der Waals surface area contributed by atoms with Crippen LogP contribution in [0.2, 0.25) is 0 Å². The first-order chi connectivity index (χ1) is 18.2. The first kappa shape index (κ1) is 29.5. The number of amides is 2. The van der Waals surface area contributed by atoms with Gasteiger partial charge in [0.1, 0.15) is 11.8 Å². The summed E-state index contributed by atoms with van der Waals surface area (Å²) in [6, 6.07) is 16.4. The van der Waals surface area contributed by atoms with Gasteiger partial charge in [0.25, 0.3) is 0 Å². The minimum atomic E-state index is -3.60. The average Bonchev–Trinajstić information content (AvgIpc) is 3.41. The third kappa shape index (κ3) is 8.21. The normalized spacial score (nSPS) is 14.6. The zero-order valence-corrected chi connectivity index (χ0v) is 23.6. The monoisotopic (exact) mass is 543 g/mol. The molecule has 0 spiro atoms. The molecule has 0 aliphatic heterocycles. The minimum Gasteiger partial charge on any atom is -0.495 e. The van der Waals surface area contributed by atoms with Crippen molar-refractivity contribution in [2.24, 2.45) is 0 Å². The molecule has 2 aromatic carbocycles. The number of nitrogens with one attached hydrogen (secondary N) is 1. The molecule has 9 heteroatoms. The number of ether oxygens (including phenoxy) is 1. The topological polar surface area (TPSA) is 96.0 Å². The first-order valence-corrected chi connectivity index (χ1v) is 15.3. The predicted molar refractivity (Wildman–Crippen MR) is 151 cm³/mol. The van der Waals surface area contributed by atoms with Crippen LogP contribution >= 0.6 is 0 Å². The number of anilines is 1. The molecule has 2 amide bonds. The van der Waals surface area contributed by atoms with E-state index >= 15 is 0 Å². The van der Waals surface area contributed by atoms with E-state index in [0.717, 1.165) is 37.5 Å². The Hall–Kier alpha value is -3.07. The van der Waals surface area contributed by atoms with Gasteiger partial charge in [-0.05, 0) is 49.8 Å². The molecule has 0 aromatic heterocycles. The van der Waals surface area contributed by atoms with E-state index in [9.17, 15) is 18.0 Å². The van der Waals surface area contributed by atoms with E-state index in [1.54, 1.807) is 29.2 Å². The van der Waals surface area contributed by atoms with Gasteiger partial charge in [0, 0.05) is 25.6 Å². The third-order valence-corrected chi connectivity index (χ3v) is 8.26. The molecule has 1 unspecified atom stereocenters. The van der Waals surface area contributed by atoms with Crippen LogP contribution in [0.4, 0.5) is 5.69 Å². The van der Waals surface area contributed by atoms with E-state index < -0.39 is 16.1 Å². The number of sulfonamides is 1. The Kier molecular flexibility index (Phi) is 11.0. The molecular formula is C29H41N3O5S. The predicted octanol–water partition coefficient (Wildman–Crippen LogP) is 4.15. The van der Waals surface area contributed by atoms with Gasteiger partial charge in [-0.25, -0.2) is 8.42 Å². The summed E-state index contributed by atoms with van der Waals surface area (Å²) >= 11 is 0. The van der Waals surface area contributed by atoms with Crippen LogP contribution in [0, 0.1) is 0 Å². The van der Waals surface area contributed by atoms with Crippen molar-refractivity contribution in [3.8, 4) is 5.75 Å². The summed E-state index contributed by atoms with van der Waals surface area (Å²) in [5.41, 5.74) is 1.53. The van der Waals surface area contributed by atoms with Crippen LogP contribution in [-0.2, 0) is 26.0 Å². The summed E-state index contributed by atoms with van der Waals surface area (Å²) in [6.45, 7) is 2.47. The second-order valence-corrected chi connectivity index (χ2v) is 11.8. The van der Waals surface area contributed by atoms with Gasteiger partial charge in [0.15, 0.2) is 0 Å². The Morgan fingerprint density at radius 1 is 1.03 bits per heavy atom. The molecule has 0 radical (unpaired) electrons. The molecule has 1 atom stereocenters. The second kappa shape index (κ2) is 14.2. The number of carbonyl (C=O) groups excluding carboxylic acids is 2. The number of para-hydroxylation sites is 2. The maximum Gasteiger partial charge on any atom is 0.243 e. The van der Waals surface area contributed by atoms with Crippen molar-refractivity contribution in [2.75, 3.05) is 30.8 Å². The van der Waals surface area contributed by atoms with Crippen molar-refractivity contribution in [3.63, 3.8) is 0 Å². The van der Waals surface area contributed by atoms with Crippen LogP contribution in [-0.4, -0.2) is 63.7 Å².